The number of carbonyl (C=O) groups is 2. The van der Waals surface area contributed by atoms with Crippen LogP contribution in [0.2, 0.25) is 0 Å². The van der Waals surface area contributed by atoms with Crippen LogP contribution in [0.3, 0.4) is 0 Å². The highest BCUT2D eigenvalue weighted by atomic mass is 16.5. The van der Waals surface area contributed by atoms with Crippen molar-refractivity contribution in [1.29, 1.82) is 0 Å². The Balaban J connectivity index is 1.01. The van der Waals surface area contributed by atoms with Gasteiger partial charge in [0.15, 0.2) is 29.2 Å². The number of phenols is 3. The van der Waals surface area contributed by atoms with Crippen LogP contribution in [-0.4, -0.2) is 92.2 Å². The van der Waals surface area contributed by atoms with E-state index in [-0.39, 0.29) is 71.9 Å². The number of dihydropyridines is 1. The fraction of sp³-hybridized carbons (Fsp3) is 0.459. The van der Waals surface area contributed by atoms with Crippen LogP contribution in [0.5, 0.6) is 23.0 Å². The number of aromatic hydroxyl groups is 3. The number of phenolic OH excluding ortho intramolecular Hbond substituents is 3. The minimum Gasteiger partial charge on any atom is -0.508 e. The van der Waals surface area contributed by atoms with E-state index in [0.29, 0.717) is 80.9 Å². The average molecular weight is 1180 g/mol. The number of H-pyrrole nitrogens is 1. The van der Waals surface area contributed by atoms with Crippen LogP contribution in [0.1, 0.15) is 147 Å². The molecule has 0 saturated heterocycles. The predicted molar refractivity (Wildman–Crippen MR) is 342 cm³/mol. The zero-order valence-electron chi connectivity index (χ0n) is 50.9. The van der Waals surface area contributed by atoms with E-state index in [2.05, 4.69) is 102 Å². The molecule has 0 spiro atoms. The van der Waals surface area contributed by atoms with Crippen LogP contribution in [0, 0.1) is 53.3 Å². The minimum absolute atomic E-state index is 0.0360. The number of aliphatic hydroxyl groups is 3. The number of nitrogens with one attached hydrogen (secondary N) is 4. The Morgan fingerprint density at radius 1 is 0.759 bits per heavy atom. The molecule has 3 heterocycles. The molecule has 13 heteroatoms. The number of aromatic nitrogens is 1. The number of rotatable bonds is 7. The fourth-order valence-corrected chi connectivity index (χ4v) is 15.6. The Labute approximate surface area is 512 Å². The van der Waals surface area contributed by atoms with Crippen LogP contribution in [0.15, 0.2) is 127 Å². The molecule has 2 saturated carbocycles. The van der Waals surface area contributed by atoms with Gasteiger partial charge in [0.1, 0.15) is 17.3 Å². The number of methoxy groups -OCH3 is 1. The highest BCUT2D eigenvalue weighted by molar-refractivity contribution is 6.06. The van der Waals surface area contributed by atoms with Gasteiger partial charge in [0.05, 0.1) is 25.2 Å². The van der Waals surface area contributed by atoms with Gasteiger partial charge in [0.25, 0.3) is 0 Å². The molecule has 10 N–H and O–H groups in total. The van der Waals surface area contributed by atoms with Gasteiger partial charge in [0.2, 0.25) is 0 Å². The fourth-order valence-electron chi connectivity index (χ4n) is 15.6. The molecule has 6 aromatic rings. The summed E-state index contributed by atoms with van der Waals surface area (Å²) in [7, 11) is 1.50. The summed E-state index contributed by atoms with van der Waals surface area (Å²) in [6.45, 7) is 8.08. The van der Waals surface area contributed by atoms with Gasteiger partial charge in [0, 0.05) is 73.7 Å². The van der Waals surface area contributed by atoms with E-state index in [9.17, 15) is 35.4 Å². The van der Waals surface area contributed by atoms with Crippen molar-refractivity contribution < 1.29 is 45.0 Å². The molecule has 13 atom stereocenters. The number of Topliss-reactive ketones (excluding diaryl/α,β-unsaturated/α-hetero) is 2. The molecule has 87 heavy (non-hydrogen) atoms. The molecule has 5 aromatic carbocycles. The molecule has 2 aliphatic heterocycles. The van der Waals surface area contributed by atoms with Crippen molar-refractivity contribution in [3.05, 3.63) is 171 Å². The second-order valence-electron chi connectivity index (χ2n) is 26.3. The highest BCUT2D eigenvalue weighted by Gasteiger charge is 2.44. The third kappa shape index (κ3) is 14.3. The number of aliphatic hydroxyl groups excluding tert-OH is 3. The molecule has 3 aliphatic carbocycles. The third-order valence-electron chi connectivity index (χ3n) is 19.9. The summed E-state index contributed by atoms with van der Waals surface area (Å²) in [5.74, 6) is 6.60. The summed E-state index contributed by atoms with van der Waals surface area (Å²) in [5, 5.41) is 81.8. The average Bonchev–Trinajstić information content (AvgIpc) is 2.94. The number of anilines is 1. The smallest absolute Gasteiger partial charge is 0.173 e. The Bertz CT molecular complexity index is 3570. The Morgan fingerprint density at radius 3 is 2.40 bits per heavy atom. The van der Waals surface area contributed by atoms with E-state index in [1.807, 2.05) is 48.7 Å². The SMILES string of the molecule is CCCC1C(O)Cc2cc(c[nH]2)C(C)CNCC(O)Cc2ccc3ccc(cc3c2O)NC2=CC(=CCN2)CC2CC3C#CC(c4ccccc4C4CC(C)CC(Cc5cccc(O)c5)C4)c4cc(O)c(OC)cc4CCC(=O)C(O)C(=O)C3CC1C2. The van der Waals surface area contributed by atoms with E-state index in [1.165, 1.54) is 12.7 Å². The summed E-state index contributed by atoms with van der Waals surface area (Å²) in [4.78, 5) is 33.4. The van der Waals surface area contributed by atoms with Gasteiger partial charge in [-0.2, -0.15) is 0 Å². The maximum atomic E-state index is 15.4. The van der Waals surface area contributed by atoms with Crippen LogP contribution in [0.25, 0.3) is 10.8 Å². The van der Waals surface area contributed by atoms with E-state index in [4.69, 9.17) is 4.74 Å². The first kappa shape index (κ1) is 61.3. The van der Waals surface area contributed by atoms with Gasteiger partial charge < -0.3 is 56.3 Å². The topological polar surface area (TPSA) is 217 Å². The number of hydrogen-bond acceptors (Lipinski definition) is 12. The van der Waals surface area contributed by atoms with Gasteiger partial charge in [-0.25, -0.2) is 0 Å². The third-order valence-corrected chi connectivity index (χ3v) is 19.9. The standard InChI is InChI=1S/C74H88N4O9/c1-5-9-61-54-30-48(27-46-22-23-76-71(32-46)78-56-19-16-49-14-15-52(72(84)66(49)37-56)34-59(80)42-75-40-44(3)55-33-57(77-41-55)38-68(61)82)28-50-17-20-63(64-39-69(83)70(87-4)36-51(64)18-21-67(81)74(86)73(85)65(50)35-54)62-13-7-6-12-60(62)53-25-43(2)24-47(29-53)26-45-10-8-11-58(79)31-45/h6-8,10-16,19,22,31-33,36-37,39,41,43-44,47-48,50,53-54,59,61,63,65,68,74-80,82-84,86H,5,9,18,21,23-30,34-35,38,40,42H2,1-4H3. The minimum atomic E-state index is -1.87. The largest absolute Gasteiger partial charge is 0.508 e. The Hall–Kier alpha value is -7.34. The van der Waals surface area contributed by atoms with Gasteiger partial charge in [-0.15, -0.1) is 0 Å². The first-order valence-corrected chi connectivity index (χ1v) is 32.0. The Morgan fingerprint density at radius 2 is 1.59 bits per heavy atom. The number of ether oxygens (including phenoxy) is 1. The number of aromatic amines is 1. The molecule has 458 valence electrons. The Kier molecular flexibility index (Phi) is 19.3. The zero-order chi connectivity index (χ0) is 60.9. The summed E-state index contributed by atoms with van der Waals surface area (Å²) in [6.07, 6.45) is 11.1. The molecule has 5 aliphatic rings. The van der Waals surface area contributed by atoms with E-state index < -0.39 is 47.6 Å². The van der Waals surface area contributed by atoms with Gasteiger partial charge in [-0.05, 0) is 204 Å². The molecule has 13 nitrogen and oxygen atoms in total. The molecule has 0 radical (unpaired) electrons. The van der Waals surface area contributed by atoms with E-state index in [0.717, 1.165) is 88.1 Å². The summed E-state index contributed by atoms with van der Waals surface area (Å²) < 4.78 is 5.69. The second kappa shape index (κ2) is 27.4. The summed E-state index contributed by atoms with van der Waals surface area (Å²) in [5.41, 5.74) is 9.31. The number of ketones is 2. The molecule has 1 aromatic heterocycles. The lowest BCUT2D eigenvalue weighted by molar-refractivity contribution is -0.142. The van der Waals surface area contributed by atoms with Crippen molar-refractivity contribution in [2.75, 3.05) is 32.1 Å². The zero-order valence-corrected chi connectivity index (χ0v) is 50.9. The van der Waals surface area contributed by atoms with Crippen molar-refractivity contribution in [3.8, 4) is 34.8 Å². The summed E-state index contributed by atoms with van der Waals surface area (Å²) in [6, 6.07) is 31.5. The number of carbonyl (C=O) groups excluding carboxylic acids is 2. The molecule has 9 bridgehead atoms. The molecular weight excluding hydrogens is 1090 g/mol. The van der Waals surface area contributed by atoms with Crippen molar-refractivity contribution in [1.82, 2.24) is 15.6 Å². The van der Waals surface area contributed by atoms with Crippen LogP contribution in [-0.2, 0) is 35.3 Å². The molecule has 13 unspecified atom stereocenters. The van der Waals surface area contributed by atoms with E-state index in [1.54, 1.807) is 18.2 Å². The monoisotopic (exact) mass is 1180 g/mol. The maximum Gasteiger partial charge on any atom is 0.173 e. The van der Waals surface area contributed by atoms with Crippen molar-refractivity contribution >= 4 is 28.0 Å². The van der Waals surface area contributed by atoms with Crippen molar-refractivity contribution in [2.45, 2.75) is 147 Å². The first-order valence-electron chi connectivity index (χ1n) is 32.0. The highest BCUT2D eigenvalue weighted by Crippen LogP contribution is 2.48. The molecular formula is C74H88N4O9. The van der Waals surface area contributed by atoms with Crippen molar-refractivity contribution in [3.63, 3.8) is 0 Å². The van der Waals surface area contributed by atoms with Crippen LogP contribution < -0.4 is 20.7 Å². The molecule has 2 fully saturated rings. The number of hydrogen-bond donors (Lipinski definition) is 10. The number of aryl methyl sites for hydroxylation is 1. The van der Waals surface area contributed by atoms with Gasteiger partial charge >= 0.3 is 0 Å². The maximum absolute atomic E-state index is 15.4. The summed E-state index contributed by atoms with van der Waals surface area (Å²) >= 11 is 0. The van der Waals surface area contributed by atoms with Gasteiger partial charge in [-0.1, -0.05) is 99.7 Å². The number of benzene rings is 5. The van der Waals surface area contributed by atoms with Crippen LogP contribution in [0.4, 0.5) is 5.69 Å². The second-order valence-corrected chi connectivity index (χ2v) is 26.3. The number of allylic oxidation sites excluding steroid dienone is 2. The molecule has 11 rings (SSSR count). The lowest BCUT2D eigenvalue weighted by atomic mass is 9.69. The predicted octanol–water partition coefficient (Wildman–Crippen LogP) is 11.8. The number of β-amino-alcohol motifs (C(OH)–C–C–N with tert-alkyl or cyclic N) is 1. The van der Waals surface area contributed by atoms with Gasteiger partial charge in [-0.3, -0.25) is 9.59 Å². The van der Waals surface area contributed by atoms with Crippen molar-refractivity contribution in [2.24, 2.45) is 41.4 Å². The van der Waals surface area contributed by atoms with E-state index >= 15 is 4.79 Å². The first-order chi connectivity index (χ1) is 42.1. The van der Waals surface area contributed by atoms with Crippen LogP contribution >= 0.6 is 0 Å². The lowest BCUT2D eigenvalue weighted by Gasteiger charge is -2.35. The lowest BCUT2D eigenvalue weighted by Crippen LogP contribution is -2.40. The quantitative estimate of drug-likeness (QED) is 0.0534. The normalized spacial score (nSPS) is 28.5. The number of fused-ring (bicyclic) bond motifs is 9. The molecule has 0 amide bonds.